The van der Waals surface area contributed by atoms with Crippen molar-refractivity contribution >= 4 is 17.7 Å². The molecule has 8 nitrogen and oxygen atoms in total. The fourth-order valence-corrected chi connectivity index (χ4v) is 4.70. The van der Waals surface area contributed by atoms with Crippen molar-refractivity contribution in [3.05, 3.63) is 70.4 Å². The molecule has 0 spiro atoms. The third-order valence-electron chi connectivity index (χ3n) is 6.54. The van der Waals surface area contributed by atoms with Gasteiger partial charge in [0.15, 0.2) is 0 Å². The highest BCUT2D eigenvalue weighted by molar-refractivity contribution is 5.95. The number of rotatable bonds is 7. The van der Waals surface area contributed by atoms with E-state index in [-0.39, 0.29) is 6.03 Å². The van der Waals surface area contributed by atoms with Crippen LogP contribution in [0.25, 0.3) is 0 Å². The maximum atomic E-state index is 12.9. The standard InChI is InChI=1S/C27H34N4O4/c1-5-35-21-10-8-20(9-11-21)25-24(26(32)34-4)22(28-27(33)29-25)17-30-12-14-31(15-13-30)23-16-18(2)6-7-19(23)3/h6-11,16,25H,5,12-15,17H2,1-4H3,(H2,28,29,33)/t25-/m0/s1. The Balaban J connectivity index is 1.54. The number of aryl methyl sites for hydroxylation is 2. The molecule has 1 saturated heterocycles. The predicted octanol–water partition coefficient (Wildman–Crippen LogP) is 3.31. The van der Waals surface area contributed by atoms with E-state index < -0.39 is 12.0 Å². The topological polar surface area (TPSA) is 83.1 Å². The molecule has 0 saturated carbocycles. The van der Waals surface area contributed by atoms with Crippen LogP contribution in [0.15, 0.2) is 53.7 Å². The summed E-state index contributed by atoms with van der Waals surface area (Å²) in [4.78, 5) is 30.1. The van der Waals surface area contributed by atoms with Crippen molar-refractivity contribution in [3.63, 3.8) is 0 Å². The number of methoxy groups -OCH3 is 1. The number of ether oxygens (including phenoxy) is 2. The second kappa shape index (κ2) is 10.8. The van der Waals surface area contributed by atoms with Crippen molar-refractivity contribution < 1.29 is 19.1 Å². The third-order valence-corrected chi connectivity index (χ3v) is 6.54. The Morgan fingerprint density at radius 2 is 1.77 bits per heavy atom. The minimum absolute atomic E-state index is 0.333. The fourth-order valence-electron chi connectivity index (χ4n) is 4.70. The van der Waals surface area contributed by atoms with E-state index >= 15 is 0 Å². The van der Waals surface area contributed by atoms with Gasteiger partial charge >= 0.3 is 12.0 Å². The van der Waals surface area contributed by atoms with Gasteiger partial charge in [0.1, 0.15) is 5.75 Å². The number of carbonyl (C=O) groups excluding carboxylic acids is 2. The molecule has 2 amide bonds. The predicted molar refractivity (Wildman–Crippen MR) is 136 cm³/mol. The molecule has 1 atom stereocenters. The van der Waals surface area contributed by atoms with E-state index in [0.717, 1.165) is 37.5 Å². The zero-order valence-electron chi connectivity index (χ0n) is 20.9. The van der Waals surface area contributed by atoms with Crippen molar-refractivity contribution in [1.82, 2.24) is 15.5 Å². The number of nitrogens with zero attached hydrogens (tertiary/aromatic N) is 2. The zero-order valence-corrected chi connectivity index (χ0v) is 20.9. The van der Waals surface area contributed by atoms with Crippen LogP contribution in [0.3, 0.4) is 0 Å². The van der Waals surface area contributed by atoms with E-state index in [9.17, 15) is 9.59 Å². The van der Waals surface area contributed by atoms with Gasteiger partial charge in [-0.3, -0.25) is 4.90 Å². The molecule has 0 unspecified atom stereocenters. The number of benzene rings is 2. The first-order valence-corrected chi connectivity index (χ1v) is 12.1. The highest BCUT2D eigenvalue weighted by atomic mass is 16.5. The summed E-state index contributed by atoms with van der Waals surface area (Å²) in [7, 11) is 1.36. The average Bonchev–Trinajstić information content (AvgIpc) is 2.86. The van der Waals surface area contributed by atoms with Gasteiger partial charge in [0, 0.05) is 44.1 Å². The SMILES string of the molecule is CCOc1ccc([C@@H]2NC(=O)NC(CN3CCN(c4cc(C)ccc4C)CC3)=C2C(=O)OC)cc1. The highest BCUT2D eigenvalue weighted by Crippen LogP contribution is 2.30. The number of urea groups is 1. The minimum Gasteiger partial charge on any atom is -0.494 e. The summed E-state index contributed by atoms with van der Waals surface area (Å²) < 4.78 is 10.6. The van der Waals surface area contributed by atoms with Gasteiger partial charge in [-0.05, 0) is 55.7 Å². The molecule has 1 fully saturated rings. The maximum Gasteiger partial charge on any atom is 0.338 e. The molecule has 0 aliphatic carbocycles. The maximum absolute atomic E-state index is 12.9. The van der Waals surface area contributed by atoms with Crippen molar-refractivity contribution in [1.29, 1.82) is 0 Å². The number of hydrogen-bond acceptors (Lipinski definition) is 6. The molecule has 0 bridgehead atoms. The lowest BCUT2D eigenvalue weighted by atomic mass is 9.95. The molecule has 2 heterocycles. The smallest absolute Gasteiger partial charge is 0.338 e. The molecule has 2 aliphatic heterocycles. The van der Waals surface area contributed by atoms with Crippen LogP contribution in [0.4, 0.5) is 10.5 Å². The number of piperazine rings is 1. The van der Waals surface area contributed by atoms with Gasteiger partial charge in [-0.25, -0.2) is 9.59 Å². The van der Waals surface area contributed by atoms with E-state index in [1.807, 2.05) is 31.2 Å². The van der Waals surface area contributed by atoms with E-state index in [0.29, 0.717) is 24.4 Å². The lowest BCUT2D eigenvalue weighted by Crippen LogP contribution is -2.51. The van der Waals surface area contributed by atoms with E-state index in [1.54, 1.807) is 0 Å². The van der Waals surface area contributed by atoms with Crippen LogP contribution in [0.5, 0.6) is 5.75 Å². The summed E-state index contributed by atoms with van der Waals surface area (Å²) in [6.45, 7) is 10.6. The number of carbonyl (C=O) groups is 2. The third kappa shape index (κ3) is 5.59. The van der Waals surface area contributed by atoms with Gasteiger partial charge in [0.05, 0.1) is 25.3 Å². The number of esters is 1. The molecule has 35 heavy (non-hydrogen) atoms. The molecule has 0 radical (unpaired) electrons. The van der Waals surface area contributed by atoms with Crippen molar-refractivity contribution in [2.24, 2.45) is 0 Å². The fraction of sp³-hybridized carbons (Fsp3) is 0.407. The van der Waals surface area contributed by atoms with Crippen LogP contribution in [0.2, 0.25) is 0 Å². The first kappa shape index (κ1) is 24.6. The van der Waals surface area contributed by atoms with E-state index in [2.05, 4.69) is 52.5 Å². The van der Waals surface area contributed by atoms with E-state index in [4.69, 9.17) is 9.47 Å². The molecular formula is C27H34N4O4. The van der Waals surface area contributed by atoms with Gasteiger partial charge in [-0.1, -0.05) is 24.3 Å². The lowest BCUT2D eigenvalue weighted by molar-refractivity contribution is -0.136. The summed E-state index contributed by atoms with van der Waals surface area (Å²) >= 11 is 0. The molecular weight excluding hydrogens is 444 g/mol. The molecule has 2 N–H and O–H groups in total. The minimum atomic E-state index is -0.599. The quantitative estimate of drug-likeness (QED) is 0.594. The average molecular weight is 479 g/mol. The van der Waals surface area contributed by atoms with Crippen molar-refractivity contribution in [2.45, 2.75) is 26.8 Å². The largest absolute Gasteiger partial charge is 0.494 e. The molecule has 4 rings (SSSR count). The number of anilines is 1. The number of hydrogen-bond donors (Lipinski definition) is 2. The Bertz CT molecular complexity index is 1100. The Kier molecular flexibility index (Phi) is 7.60. The molecule has 2 aromatic rings. The van der Waals surface area contributed by atoms with Gasteiger partial charge in [0.2, 0.25) is 0 Å². The Labute approximate surface area is 206 Å². The van der Waals surface area contributed by atoms with Crippen LogP contribution in [-0.2, 0) is 9.53 Å². The van der Waals surface area contributed by atoms with E-state index in [1.165, 1.54) is 23.9 Å². The lowest BCUT2D eigenvalue weighted by Gasteiger charge is -2.38. The summed E-state index contributed by atoms with van der Waals surface area (Å²) in [5.41, 5.74) is 5.58. The molecule has 2 aliphatic rings. The molecule has 186 valence electrons. The highest BCUT2D eigenvalue weighted by Gasteiger charge is 2.34. The van der Waals surface area contributed by atoms with Crippen LogP contribution in [0.1, 0.15) is 29.7 Å². The Morgan fingerprint density at radius 1 is 1.06 bits per heavy atom. The second-order valence-electron chi connectivity index (χ2n) is 8.97. The van der Waals surface area contributed by atoms with Gasteiger partial charge in [0.25, 0.3) is 0 Å². The Morgan fingerprint density at radius 3 is 2.43 bits per heavy atom. The summed E-state index contributed by atoms with van der Waals surface area (Å²) in [6.07, 6.45) is 0. The van der Waals surface area contributed by atoms with Crippen molar-refractivity contribution in [2.75, 3.05) is 51.3 Å². The van der Waals surface area contributed by atoms with Crippen LogP contribution in [0, 0.1) is 13.8 Å². The normalized spacial score (nSPS) is 18.7. The second-order valence-corrected chi connectivity index (χ2v) is 8.97. The molecule has 8 heteroatoms. The molecule has 0 aromatic heterocycles. The first-order chi connectivity index (χ1) is 16.9. The zero-order chi connectivity index (χ0) is 24.9. The summed E-state index contributed by atoms with van der Waals surface area (Å²) in [5, 5.41) is 5.75. The van der Waals surface area contributed by atoms with Gasteiger partial charge in [-0.15, -0.1) is 0 Å². The van der Waals surface area contributed by atoms with Gasteiger partial charge < -0.3 is 25.0 Å². The van der Waals surface area contributed by atoms with Crippen molar-refractivity contribution in [3.8, 4) is 5.75 Å². The number of nitrogens with one attached hydrogen (secondary N) is 2. The van der Waals surface area contributed by atoms with Crippen LogP contribution >= 0.6 is 0 Å². The Hall–Kier alpha value is -3.52. The number of amides is 2. The van der Waals surface area contributed by atoms with Crippen LogP contribution < -0.4 is 20.3 Å². The van der Waals surface area contributed by atoms with Crippen LogP contribution in [-0.4, -0.2) is 63.3 Å². The monoisotopic (exact) mass is 478 g/mol. The summed E-state index contributed by atoms with van der Waals surface area (Å²) in [6, 6.07) is 13.0. The molecule has 2 aromatic carbocycles. The summed E-state index contributed by atoms with van der Waals surface area (Å²) in [5.74, 6) is 0.280. The first-order valence-electron chi connectivity index (χ1n) is 12.1. The van der Waals surface area contributed by atoms with Gasteiger partial charge in [-0.2, -0.15) is 0 Å².